The number of fused-ring (bicyclic) bond motifs is 1. The monoisotopic (exact) mass is 498 g/mol. The molecule has 2 aromatic carbocycles. The van der Waals surface area contributed by atoms with Crippen LogP contribution in [0.3, 0.4) is 0 Å². The summed E-state index contributed by atoms with van der Waals surface area (Å²) in [4.78, 5) is 12.0. The number of nitrogens with one attached hydrogen (secondary N) is 2. The Morgan fingerprint density at radius 3 is 2.44 bits per heavy atom. The number of aryl methyl sites for hydroxylation is 1. The predicted octanol–water partition coefficient (Wildman–Crippen LogP) is 5.55. The lowest BCUT2D eigenvalue weighted by Gasteiger charge is -2.27. The first kappa shape index (κ1) is 23.9. The second-order valence-corrected chi connectivity index (χ2v) is 8.60. The van der Waals surface area contributed by atoms with Crippen LogP contribution >= 0.6 is 0 Å². The second kappa shape index (κ2) is 9.65. The Morgan fingerprint density at radius 1 is 1.11 bits per heavy atom. The number of halogens is 3. The molecule has 1 fully saturated rings. The van der Waals surface area contributed by atoms with Gasteiger partial charge in [-0.3, -0.25) is 0 Å². The summed E-state index contributed by atoms with van der Waals surface area (Å²) in [6.07, 6.45) is -2.29. The molecule has 0 saturated carbocycles. The van der Waals surface area contributed by atoms with Crippen molar-refractivity contribution in [2.45, 2.75) is 31.6 Å². The first-order valence-corrected chi connectivity index (χ1v) is 11.5. The van der Waals surface area contributed by atoms with Gasteiger partial charge in [-0.05, 0) is 42.3 Å². The Labute approximate surface area is 205 Å². The highest BCUT2D eigenvalue weighted by Crippen LogP contribution is 2.30. The normalized spacial score (nSPS) is 14.9. The van der Waals surface area contributed by atoms with Gasteiger partial charge in [-0.15, -0.1) is 0 Å². The van der Waals surface area contributed by atoms with Gasteiger partial charge in [0.05, 0.1) is 41.9 Å². The standard InChI is InChI=1S/C25H25F3N6O2/c1-3-20(15-4-7-19(8-5-15)36-24-29-11-16(12-30-24)25(26,27)28)32-23-33-21-9-6-17(10-22(21)34(23)2)31-18-13-35-14-18/h4-12,18,20,31H,3,13-14H2,1-2H3,(H,32,33). The van der Waals surface area contributed by atoms with Gasteiger partial charge >= 0.3 is 12.2 Å². The number of anilines is 2. The second-order valence-electron chi connectivity index (χ2n) is 8.60. The van der Waals surface area contributed by atoms with Gasteiger partial charge in [0.15, 0.2) is 0 Å². The zero-order chi connectivity index (χ0) is 25.3. The molecule has 1 unspecified atom stereocenters. The molecular formula is C25H25F3N6O2. The molecule has 0 aliphatic carbocycles. The number of ether oxygens (including phenoxy) is 2. The molecule has 8 nitrogen and oxygen atoms in total. The van der Waals surface area contributed by atoms with Gasteiger partial charge in [-0.1, -0.05) is 19.1 Å². The zero-order valence-corrected chi connectivity index (χ0v) is 19.7. The maximum atomic E-state index is 12.7. The number of imidazole rings is 1. The highest BCUT2D eigenvalue weighted by molar-refractivity contribution is 5.82. The van der Waals surface area contributed by atoms with Crippen LogP contribution < -0.4 is 15.4 Å². The quantitative estimate of drug-likeness (QED) is 0.330. The van der Waals surface area contributed by atoms with Crippen molar-refractivity contribution in [3.8, 4) is 11.8 Å². The molecule has 2 aromatic heterocycles. The first-order chi connectivity index (χ1) is 17.3. The topological polar surface area (TPSA) is 86.1 Å². The lowest BCUT2D eigenvalue weighted by molar-refractivity contribution is -0.138. The third-order valence-electron chi connectivity index (χ3n) is 6.05. The van der Waals surface area contributed by atoms with E-state index in [4.69, 9.17) is 14.5 Å². The molecule has 11 heteroatoms. The fourth-order valence-corrected chi connectivity index (χ4v) is 3.93. The minimum absolute atomic E-state index is 0.0124. The molecule has 0 bridgehead atoms. The number of rotatable bonds is 8. The Bertz CT molecular complexity index is 1340. The van der Waals surface area contributed by atoms with Crippen molar-refractivity contribution in [1.29, 1.82) is 0 Å². The molecule has 188 valence electrons. The Morgan fingerprint density at radius 2 is 1.83 bits per heavy atom. The van der Waals surface area contributed by atoms with Crippen LogP contribution in [0.1, 0.15) is 30.5 Å². The van der Waals surface area contributed by atoms with Crippen molar-refractivity contribution in [2.75, 3.05) is 23.8 Å². The van der Waals surface area contributed by atoms with E-state index >= 15 is 0 Å². The van der Waals surface area contributed by atoms with E-state index in [0.717, 1.165) is 47.9 Å². The molecule has 4 aromatic rings. The third-order valence-corrected chi connectivity index (χ3v) is 6.05. The Hall–Kier alpha value is -3.86. The number of nitrogens with zero attached hydrogens (tertiary/aromatic N) is 4. The number of hydrogen-bond acceptors (Lipinski definition) is 7. The fraction of sp³-hybridized carbons (Fsp3) is 0.320. The van der Waals surface area contributed by atoms with Crippen molar-refractivity contribution in [1.82, 2.24) is 19.5 Å². The summed E-state index contributed by atoms with van der Waals surface area (Å²) in [6.45, 7) is 3.51. The summed E-state index contributed by atoms with van der Waals surface area (Å²) in [7, 11) is 1.97. The van der Waals surface area contributed by atoms with Crippen molar-refractivity contribution in [3.05, 3.63) is 66.0 Å². The predicted molar refractivity (Wildman–Crippen MR) is 129 cm³/mol. The van der Waals surface area contributed by atoms with Gasteiger partial charge in [-0.25, -0.2) is 15.0 Å². The van der Waals surface area contributed by atoms with E-state index in [0.29, 0.717) is 24.2 Å². The van der Waals surface area contributed by atoms with E-state index in [9.17, 15) is 13.2 Å². The van der Waals surface area contributed by atoms with E-state index in [2.05, 4.69) is 33.6 Å². The molecule has 2 N–H and O–H groups in total. The van der Waals surface area contributed by atoms with Crippen molar-refractivity contribution >= 4 is 22.7 Å². The highest BCUT2D eigenvalue weighted by Gasteiger charge is 2.31. The molecule has 36 heavy (non-hydrogen) atoms. The number of benzene rings is 2. The van der Waals surface area contributed by atoms with Crippen LogP contribution in [-0.2, 0) is 18.0 Å². The van der Waals surface area contributed by atoms with Crippen molar-refractivity contribution < 1.29 is 22.6 Å². The molecule has 1 aliphatic rings. The maximum absolute atomic E-state index is 12.7. The van der Waals surface area contributed by atoms with Crippen LogP contribution in [0.2, 0.25) is 0 Å². The summed E-state index contributed by atoms with van der Waals surface area (Å²) in [5, 5.41) is 6.97. The van der Waals surface area contributed by atoms with Gasteiger partial charge in [0.2, 0.25) is 5.95 Å². The molecule has 1 saturated heterocycles. The van der Waals surface area contributed by atoms with Gasteiger partial charge in [0.25, 0.3) is 0 Å². The van der Waals surface area contributed by atoms with Crippen LogP contribution in [-0.4, -0.2) is 38.8 Å². The average molecular weight is 499 g/mol. The largest absolute Gasteiger partial charge is 0.424 e. The van der Waals surface area contributed by atoms with Crippen LogP contribution in [0, 0.1) is 0 Å². The minimum Gasteiger partial charge on any atom is -0.424 e. The fourth-order valence-electron chi connectivity index (χ4n) is 3.93. The summed E-state index contributed by atoms with van der Waals surface area (Å²) < 4.78 is 50.8. The zero-order valence-electron chi connectivity index (χ0n) is 19.7. The number of aromatic nitrogens is 4. The van der Waals surface area contributed by atoms with E-state index < -0.39 is 11.7 Å². The summed E-state index contributed by atoms with van der Waals surface area (Å²) in [5.74, 6) is 1.17. The van der Waals surface area contributed by atoms with E-state index in [1.165, 1.54) is 0 Å². The van der Waals surface area contributed by atoms with Crippen LogP contribution in [0.15, 0.2) is 54.9 Å². The van der Waals surface area contributed by atoms with Crippen LogP contribution in [0.4, 0.5) is 24.8 Å². The first-order valence-electron chi connectivity index (χ1n) is 11.5. The molecule has 1 atom stereocenters. The van der Waals surface area contributed by atoms with Crippen molar-refractivity contribution in [2.24, 2.45) is 7.05 Å². The van der Waals surface area contributed by atoms with Gasteiger partial charge in [0.1, 0.15) is 5.75 Å². The lowest BCUT2D eigenvalue weighted by Crippen LogP contribution is -2.40. The average Bonchev–Trinajstić information content (AvgIpc) is 3.15. The van der Waals surface area contributed by atoms with Crippen molar-refractivity contribution in [3.63, 3.8) is 0 Å². The lowest BCUT2D eigenvalue weighted by atomic mass is 10.0. The molecule has 0 spiro atoms. The summed E-state index contributed by atoms with van der Waals surface area (Å²) in [6, 6.07) is 13.5. The minimum atomic E-state index is -4.49. The number of alkyl halides is 3. The smallest absolute Gasteiger partial charge is 0.419 e. The van der Waals surface area contributed by atoms with Crippen LogP contribution in [0.5, 0.6) is 11.8 Å². The van der Waals surface area contributed by atoms with E-state index in [-0.39, 0.29) is 12.1 Å². The summed E-state index contributed by atoms with van der Waals surface area (Å²) >= 11 is 0. The Kier molecular flexibility index (Phi) is 6.40. The van der Waals surface area contributed by atoms with Gasteiger partial charge in [0, 0.05) is 25.1 Å². The molecular weight excluding hydrogens is 473 g/mol. The van der Waals surface area contributed by atoms with Crippen LogP contribution in [0.25, 0.3) is 11.0 Å². The Balaban J connectivity index is 1.27. The van der Waals surface area contributed by atoms with E-state index in [1.807, 2.05) is 35.9 Å². The summed E-state index contributed by atoms with van der Waals surface area (Å²) in [5.41, 5.74) is 3.02. The molecule has 0 amide bonds. The van der Waals surface area contributed by atoms with E-state index in [1.54, 1.807) is 12.1 Å². The highest BCUT2D eigenvalue weighted by atomic mass is 19.4. The number of hydrogen-bond donors (Lipinski definition) is 2. The maximum Gasteiger partial charge on any atom is 0.419 e. The molecule has 1 aliphatic heterocycles. The molecule has 5 rings (SSSR count). The SMILES string of the molecule is CCC(Nc1nc2ccc(NC3COC3)cc2n1C)c1ccc(Oc2ncc(C(F)(F)F)cn2)cc1. The molecule has 0 radical (unpaired) electrons. The molecule has 3 heterocycles. The van der Waals surface area contributed by atoms with Gasteiger partial charge in [-0.2, -0.15) is 13.2 Å². The third kappa shape index (κ3) is 5.06. The van der Waals surface area contributed by atoms with Gasteiger partial charge < -0.3 is 24.7 Å².